The van der Waals surface area contributed by atoms with Gasteiger partial charge in [-0.15, -0.1) is 0 Å². The third kappa shape index (κ3) is 6.05. The Kier molecular flexibility index (Phi) is 8.47. The molecule has 144 valence electrons. The number of carbonyl (C=O) groups excluding carboxylic acids is 2. The second-order valence-corrected chi connectivity index (χ2v) is 6.61. The van der Waals surface area contributed by atoms with Crippen molar-refractivity contribution in [3.05, 3.63) is 24.3 Å². The van der Waals surface area contributed by atoms with Crippen molar-refractivity contribution in [2.75, 3.05) is 32.8 Å². The van der Waals surface area contributed by atoms with E-state index in [0.717, 1.165) is 45.4 Å². The number of aromatic nitrogens is 2. The van der Waals surface area contributed by atoms with E-state index in [0.29, 0.717) is 25.2 Å². The number of carbonyl (C=O) groups is 2. The van der Waals surface area contributed by atoms with Crippen LogP contribution in [-0.4, -0.2) is 70.5 Å². The SMILES string of the molecule is CCCN(CCC)C(=O)CCN(C[C@@H]1CCCO1)C(=O)c1cnccn1. The van der Waals surface area contributed by atoms with Crippen LogP contribution < -0.4 is 0 Å². The Morgan fingerprint density at radius 1 is 1.15 bits per heavy atom. The fourth-order valence-electron chi connectivity index (χ4n) is 3.17. The average Bonchev–Trinajstić information content (AvgIpc) is 3.18. The second-order valence-electron chi connectivity index (χ2n) is 6.61. The lowest BCUT2D eigenvalue weighted by Gasteiger charge is -2.27. The highest BCUT2D eigenvalue weighted by atomic mass is 16.5. The third-order valence-electron chi connectivity index (χ3n) is 4.45. The lowest BCUT2D eigenvalue weighted by Crippen LogP contribution is -2.41. The fourth-order valence-corrected chi connectivity index (χ4v) is 3.17. The summed E-state index contributed by atoms with van der Waals surface area (Å²) < 4.78 is 5.68. The molecule has 0 N–H and O–H groups in total. The van der Waals surface area contributed by atoms with Gasteiger partial charge in [-0.05, 0) is 25.7 Å². The molecule has 0 saturated carbocycles. The van der Waals surface area contributed by atoms with E-state index in [-0.39, 0.29) is 17.9 Å². The molecular formula is C19H30N4O3. The van der Waals surface area contributed by atoms with Gasteiger partial charge in [0.2, 0.25) is 5.91 Å². The summed E-state index contributed by atoms with van der Waals surface area (Å²) in [5, 5.41) is 0. The van der Waals surface area contributed by atoms with Crippen molar-refractivity contribution >= 4 is 11.8 Å². The summed E-state index contributed by atoms with van der Waals surface area (Å²) in [4.78, 5) is 37.0. The standard InChI is InChI=1S/C19H30N4O3/c1-3-10-22(11-4-2)18(24)7-12-23(15-16-6-5-13-26-16)19(25)17-14-20-8-9-21-17/h8-9,14,16H,3-7,10-13,15H2,1-2H3/t16-/m0/s1. The van der Waals surface area contributed by atoms with Crippen LogP contribution in [0.15, 0.2) is 18.6 Å². The van der Waals surface area contributed by atoms with Crippen molar-refractivity contribution in [2.45, 2.75) is 52.1 Å². The molecule has 7 nitrogen and oxygen atoms in total. The Morgan fingerprint density at radius 3 is 2.50 bits per heavy atom. The molecule has 2 amide bonds. The van der Waals surface area contributed by atoms with Gasteiger partial charge in [-0.3, -0.25) is 14.6 Å². The zero-order valence-electron chi connectivity index (χ0n) is 15.9. The molecule has 0 aromatic carbocycles. The molecule has 1 fully saturated rings. The van der Waals surface area contributed by atoms with Crippen LogP contribution in [0.2, 0.25) is 0 Å². The van der Waals surface area contributed by atoms with Gasteiger partial charge >= 0.3 is 0 Å². The molecule has 0 spiro atoms. The van der Waals surface area contributed by atoms with Crippen molar-refractivity contribution in [3.63, 3.8) is 0 Å². The number of amides is 2. The highest BCUT2D eigenvalue weighted by molar-refractivity contribution is 5.92. The van der Waals surface area contributed by atoms with Crippen LogP contribution in [0.1, 0.15) is 56.4 Å². The van der Waals surface area contributed by atoms with Gasteiger partial charge in [0.15, 0.2) is 0 Å². The molecule has 26 heavy (non-hydrogen) atoms. The summed E-state index contributed by atoms with van der Waals surface area (Å²) in [6, 6.07) is 0. The van der Waals surface area contributed by atoms with Gasteiger partial charge < -0.3 is 14.5 Å². The predicted molar refractivity (Wildman–Crippen MR) is 98.7 cm³/mol. The van der Waals surface area contributed by atoms with Gasteiger partial charge in [0, 0.05) is 51.6 Å². The molecule has 0 bridgehead atoms. The zero-order chi connectivity index (χ0) is 18.8. The number of ether oxygens (including phenoxy) is 1. The van der Waals surface area contributed by atoms with Crippen molar-refractivity contribution < 1.29 is 14.3 Å². The molecule has 1 aromatic heterocycles. The first kappa shape index (κ1) is 20.3. The minimum Gasteiger partial charge on any atom is -0.376 e. The van der Waals surface area contributed by atoms with E-state index >= 15 is 0 Å². The van der Waals surface area contributed by atoms with Gasteiger partial charge in [-0.25, -0.2) is 4.98 Å². The molecule has 0 radical (unpaired) electrons. The van der Waals surface area contributed by atoms with Crippen LogP contribution in [0.4, 0.5) is 0 Å². The maximum atomic E-state index is 12.8. The van der Waals surface area contributed by atoms with Crippen LogP contribution in [0, 0.1) is 0 Å². The molecule has 1 aliphatic heterocycles. The molecule has 0 unspecified atom stereocenters. The maximum absolute atomic E-state index is 12.8. The minimum absolute atomic E-state index is 0.0353. The first-order chi connectivity index (χ1) is 12.7. The first-order valence-corrected chi connectivity index (χ1v) is 9.60. The molecule has 2 rings (SSSR count). The topological polar surface area (TPSA) is 75.6 Å². The van der Waals surface area contributed by atoms with Gasteiger partial charge in [-0.1, -0.05) is 13.8 Å². The summed E-state index contributed by atoms with van der Waals surface area (Å²) in [6.45, 7) is 7.25. The highest BCUT2D eigenvalue weighted by Gasteiger charge is 2.25. The quantitative estimate of drug-likeness (QED) is 0.637. The number of hydrogen-bond acceptors (Lipinski definition) is 5. The summed E-state index contributed by atoms with van der Waals surface area (Å²) in [5.41, 5.74) is 0.303. The van der Waals surface area contributed by atoms with E-state index < -0.39 is 0 Å². The molecule has 0 aliphatic carbocycles. The zero-order valence-corrected chi connectivity index (χ0v) is 15.9. The maximum Gasteiger partial charge on any atom is 0.274 e. The molecule has 1 atom stereocenters. The Labute approximate surface area is 155 Å². The third-order valence-corrected chi connectivity index (χ3v) is 4.45. The van der Waals surface area contributed by atoms with Gasteiger partial charge in [0.25, 0.3) is 5.91 Å². The van der Waals surface area contributed by atoms with E-state index in [1.165, 1.54) is 18.6 Å². The second kappa shape index (κ2) is 10.9. The van der Waals surface area contributed by atoms with Crippen molar-refractivity contribution in [2.24, 2.45) is 0 Å². The van der Waals surface area contributed by atoms with Crippen LogP contribution in [0.5, 0.6) is 0 Å². The molecule has 2 heterocycles. The van der Waals surface area contributed by atoms with E-state index in [1.54, 1.807) is 4.90 Å². The van der Waals surface area contributed by atoms with Crippen LogP contribution in [0.3, 0.4) is 0 Å². The lowest BCUT2D eigenvalue weighted by molar-refractivity contribution is -0.131. The first-order valence-electron chi connectivity index (χ1n) is 9.60. The van der Waals surface area contributed by atoms with E-state index in [9.17, 15) is 9.59 Å². The molecule has 1 aromatic rings. The minimum atomic E-state index is -0.195. The van der Waals surface area contributed by atoms with Gasteiger partial charge in [0.1, 0.15) is 5.69 Å². The smallest absolute Gasteiger partial charge is 0.274 e. The van der Waals surface area contributed by atoms with Crippen molar-refractivity contribution in [1.82, 2.24) is 19.8 Å². The number of nitrogens with zero attached hydrogens (tertiary/aromatic N) is 4. The van der Waals surface area contributed by atoms with Crippen LogP contribution in [0.25, 0.3) is 0 Å². The predicted octanol–water partition coefficient (Wildman–Crippen LogP) is 2.14. The average molecular weight is 362 g/mol. The monoisotopic (exact) mass is 362 g/mol. The normalized spacial score (nSPS) is 16.5. The molecule has 7 heteroatoms. The van der Waals surface area contributed by atoms with E-state index in [1.807, 2.05) is 4.90 Å². The Hall–Kier alpha value is -2.02. The van der Waals surface area contributed by atoms with Crippen molar-refractivity contribution in [3.8, 4) is 0 Å². The van der Waals surface area contributed by atoms with Crippen LogP contribution >= 0.6 is 0 Å². The highest BCUT2D eigenvalue weighted by Crippen LogP contribution is 2.15. The fraction of sp³-hybridized carbons (Fsp3) is 0.684. The Morgan fingerprint density at radius 2 is 1.92 bits per heavy atom. The van der Waals surface area contributed by atoms with E-state index in [2.05, 4.69) is 23.8 Å². The lowest BCUT2D eigenvalue weighted by atomic mass is 10.2. The van der Waals surface area contributed by atoms with Gasteiger partial charge in [-0.2, -0.15) is 0 Å². The molecule has 1 saturated heterocycles. The number of hydrogen-bond donors (Lipinski definition) is 0. The van der Waals surface area contributed by atoms with E-state index in [4.69, 9.17) is 4.74 Å². The summed E-state index contributed by atoms with van der Waals surface area (Å²) in [6.07, 6.45) is 8.69. The summed E-state index contributed by atoms with van der Waals surface area (Å²) in [5.74, 6) is -0.100. The van der Waals surface area contributed by atoms with Crippen molar-refractivity contribution in [1.29, 1.82) is 0 Å². The Balaban J connectivity index is 2.00. The molecular weight excluding hydrogens is 332 g/mol. The Bertz CT molecular complexity index is 555. The summed E-state index contributed by atoms with van der Waals surface area (Å²) in [7, 11) is 0. The largest absolute Gasteiger partial charge is 0.376 e. The number of rotatable bonds is 10. The van der Waals surface area contributed by atoms with Crippen LogP contribution in [-0.2, 0) is 9.53 Å². The molecule has 1 aliphatic rings. The van der Waals surface area contributed by atoms with Gasteiger partial charge in [0.05, 0.1) is 12.3 Å². The summed E-state index contributed by atoms with van der Waals surface area (Å²) >= 11 is 0.